The molecular weight excluding hydrogens is 216 g/mol. The Kier molecular flexibility index (Phi) is 2.24. The average Bonchev–Trinajstić information content (AvgIpc) is 2.14. The maximum Gasteiger partial charge on any atom is 0.259 e. The fraction of sp³-hybridized carbons (Fsp3) is 0.222. The van der Waals surface area contributed by atoms with Gasteiger partial charge in [0.25, 0.3) is 10.0 Å². The van der Waals surface area contributed by atoms with Gasteiger partial charge in [-0.3, -0.25) is 0 Å². The largest absolute Gasteiger partial charge is 0.392 e. The molecule has 0 fully saturated rings. The van der Waals surface area contributed by atoms with Crippen molar-refractivity contribution in [2.45, 2.75) is 12.4 Å². The molecular formula is C9H10N2O3S. The van der Waals surface area contributed by atoms with Crippen LogP contribution in [0.4, 0.5) is 0 Å². The summed E-state index contributed by atoms with van der Waals surface area (Å²) in [7, 11) is -3.49. The Morgan fingerprint density at radius 3 is 2.87 bits per heavy atom. The molecule has 0 atom stereocenters. The first-order chi connectivity index (χ1) is 7.03. The van der Waals surface area contributed by atoms with E-state index in [1.165, 1.54) is 0 Å². The molecule has 0 aromatic heterocycles. The van der Waals surface area contributed by atoms with Crippen LogP contribution in [0, 0.1) is 0 Å². The van der Waals surface area contributed by atoms with Gasteiger partial charge in [0.2, 0.25) is 0 Å². The highest BCUT2D eigenvalue weighted by Gasteiger charge is 2.23. The molecule has 0 saturated carbocycles. The molecule has 6 heteroatoms. The van der Waals surface area contributed by atoms with Gasteiger partial charge in [0.05, 0.1) is 12.4 Å². The molecule has 0 unspecified atom stereocenters. The lowest BCUT2D eigenvalue weighted by Crippen LogP contribution is -2.25. The quantitative estimate of drug-likeness (QED) is 0.689. The van der Waals surface area contributed by atoms with Gasteiger partial charge in [-0.25, -0.2) is 8.42 Å². The average molecular weight is 226 g/mol. The van der Waals surface area contributed by atoms with Crippen LogP contribution in [0.5, 0.6) is 0 Å². The van der Waals surface area contributed by atoms with Crippen LogP contribution in [0.15, 0.2) is 22.6 Å². The molecule has 1 aliphatic heterocycles. The summed E-state index contributed by atoms with van der Waals surface area (Å²) in [6.07, 6.45) is 0. The van der Waals surface area contributed by atoms with Crippen molar-refractivity contribution in [2.75, 3.05) is 0 Å². The van der Waals surface area contributed by atoms with Gasteiger partial charge in [-0.05, 0) is 11.1 Å². The Hall–Kier alpha value is -1.40. The normalized spacial score (nSPS) is 18.1. The molecule has 5 nitrogen and oxygen atoms in total. The summed E-state index contributed by atoms with van der Waals surface area (Å²) >= 11 is 0. The standard InChI is InChI=1S/C9H10N2O3S/c10-9-8-6(4-12)2-1-3-7(8)5-15(13,14)11-9/h1-3,12H,4-5H2,(H2,10,11). The molecule has 1 aromatic carbocycles. The predicted molar refractivity (Wildman–Crippen MR) is 55.7 cm³/mol. The zero-order valence-corrected chi connectivity index (χ0v) is 8.66. The Labute approximate surface area is 87.3 Å². The van der Waals surface area contributed by atoms with Crippen LogP contribution in [0.1, 0.15) is 16.7 Å². The second kappa shape index (κ2) is 3.32. The zero-order valence-electron chi connectivity index (χ0n) is 7.84. The fourth-order valence-corrected chi connectivity index (χ4v) is 2.75. The van der Waals surface area contributed by atoms with Crippen LogP contribution in [0.25, 0.3) is 0 Å². The van der Waals surface area contributed by atoms with Gasteiger partial charge >= 0.3 is 0 Å². The third-order valence-electron chi connectivity index (χ3n) is 2.24. The molecule has 2 rings (SSSR count). The number of amidine groups is 1. The summed E-state index contributed by atoms with van der Waals surface area (Å²) in [4.78, 5) is 0. The van der Waals surface area contributed by atoms with Crippen molar-refractivity contribution in [3.8, 4) is 0 Å². The van der Waals surface area contributed by atoms with Crippen LogP contribution >= 0.6 is 0 Å². The number of aliphatic hydroxyl groups is 1. The number of benzene rings is 1. The molecule has 3 N–H and O–H groups in total. The van der Waals surface area contributed by atoms with E-state index < -0.39 is 10.0 Å². The number of fused-ring (bicyclic) bond motifs is 1. The summed E-state index contributed by atoms with van der Waals surface area (Å²) in [5.74, 6) is -0.197. The van der Waals surface area contributed by atoms with Gasteiger partial charge < -0.3 is 10.8 Å². The lowest BCUT2D eigenvalue weighted by molar-refractivity contribution is 0.281. The van der Waals surface area contributed by atoms with E-state index >= 15 is 0 Å². The third kappa shape index (κ3) is 1.73. The van der Waals surface area contributed by atoms with Crippen LogP contribution in [0.2, 0.25) is 0 Å². The number of hydrogen-bond donors (Lipinski definition) is 2. The minimum Gasteiger partial charge on any atom is -0.392 e. The van der Waals surface area contributed by atoms with E-state index in [4.69, 9.17) is 10.8 Å². The van der Waals surface area contributed by atoms with Crippen LogP contribution < -0.4 is 5.73 Å². The smallest absolute Gasteiger partial charge is 0.259 e. The molecule has 0 saturated heterocycles. The number of rotatable bonds is 1. The van der Waals surface area contributed by atoms with Crippen molar-refractivity contribution in [1.82, 2.24) is 0 Å². The second-order valence-electron chi connectivity index (χ2n) is 3.31. The van der Waals surface area contributed by atoms with E-state index in [1.807, 2.05) is 0 Å². The number of nitrogens with two attached hydrogens (primary N) is 1. The highest BCUT2D eigenvalue weighted by molar-refractivity contribution is 7.89. The van der Waals surface area contributed by atoms with Crippen LogP contribution in [0.3, 0.4) is 0 Å². The van der Waals surface area contributed by atoms with Crippen molar-refractivity contribution >= 4 is 15.9 Å². The molecule has 80 valence electrons. The SMILES string of the molecule is NC1=NS(=O)(=O)Cc2cccc(CO)c21. The minimum atomic E-state index is -3.49. The molecule has 1 aliphatic rings. The predicted octanol–water partition coefficient (Wildman–Crippen LogP) is -0.272. The van der Waals surface area contributed by atoms with Crippen molar-refractivity contribution in [1.29, 1.82) is 0 Å². The highest BCUT2D eigenvalue weighted by Crippen LogP contribution is 2.22. The van der Waals surface area contributed by atoms with Gasteiger partial charge in [-0.1, -0.05) is 18.2 Å². The first-order valence-electron chi connectivity index (χ1n) is 4.33. The highest BCUT2D eigenvalue weighted by atomic mass is 32.2. The molecule has 15 heavy (non-hydrogen) atoms. The molecule has 1 heterocycles. The van der Waals surface area contributed by atoms with E-state index in [9.17, 15) is 8.42 Å². The molecule has 0 radical (unpaired) electrons. The number of hydrogen-bond acceptors (Lipinski definition) is 4. The number of nitrogens with zero attached hydrogens (tertiary/aromatic N) is 1. The molecule has 1 aromatic rings. The summed E-state index contributed by atoms with van der Waals surface area (Å²) in [6, 6.07) is 5.06. The van der Waals surface area contributed by atoms with Crippen LogP contribution in [-0.2, 0) is 22.4 Å². The molecule has 0 spiro atoms. The van der Waals surface area contributed by atoms with Crippen molar-refractivity contribution in [3.05, 3.63) is 34.9 Å². The van der Waals surface area contributed by atoms with Gasteiger partial charge in [-0.15, -0.1) is 4.40 Å². The summed E-state index contributed by atoms with van der Waals surface area (Å²) in [5, 5.41) is 9.08. The third-order valence-corrected chi connectivity index (χ3v) is 3.39. The van der Waals surface area contributed by atoms with Crippen molar-refractivity contribution in [3.63, 3.8) is 0 Å². The van der Waals surface area contributed by atoms with Crippen LogP contribution in [-0.4, -0.2) is 19.4 Å². The Bertz CT molecular complexity index is 534. The van der Waals surface area contributed by atoms with Crippen molar-refractivity contribution < 1.29 is 13.5 Å². The molecule has 0 amide bonds. The number of aliphatic hydroxyl groups excluding tert-OH is 1. The van der Waals surface area contributed by atoms with E-state index in [-0.39, 0.29) is 18.2 Å². The van der Waals surface area contributed by atoms with Gasteiger partial charge in [-0.2, -0.15) is 0 Å². The van der Waals surface area contributed by atoms with Gasteiger partial charge in [0.15, 0.2) is 0 Å². The van der Waals surface area contributed by atoms with E-state index in [0.29, 0.717) is 16.7 Å². The minimum absolute atomic E-state index is 0.0408. The zero-order chi connectivity index (χ0) is 11.1. The van der Waals surface area contributed by atoms with E-state index in [0.717, 1.165) is 0 Å². The lowest BCUT2D eigenvalue weighted by atomic mass is 10.0. The summed E-state index contributed by atoms with van der Waals surface area (Å²) in [5.41, 5.74) is 7.30. The van der Waals surface area contributed by atoms with Gasteiger partial charge in [0.1, 0.15) is 5.84 Å². The molecule has 0 aliphatic carbocycles. The Morgan fingerprint density at radius 2 is 2.20 bits per heavy atom. The second-order valence-corrected chi connectivity index (χ2v) is 4.95. The maximum absolute atomic E-state index is 11.3. The summed E-state index contributed by atoms with van der Waals surface area (Å²) < 4.78 is 26.0. The Morgan fingerprint density at radius 1 is 1.47 bits per heavy atom. The first kappa shape index (κ1) is 10.1. The number of sulfonamides is 1. The van der Waals surface area contributed by atoms with E-state index in [2.05, 4.69) is 4.40 Å². The Balaban J connectivity index is 2.70. The van der Waals surface area contributed by atoms with E-state index in [1.54, 1.807) is 18.2 Å². The topological polar surface area (TPSA) is 92.8 Å². The first-order valence-corrected chi connectivity index (χ1v) is 5.94. The fourth-order valence-electron chi connectivity index (χ4n) is 1.66. The summed E-state index contributed by atoms with van der Waals surface area (Å²) in [6.45, 7) is -0.181. The van der Waals surface area contributed by atoms with Gasteiger partial charge in [0, 0.05) is 5.56 Å². The van der Waals surface area contributed by atoms with Crippen molar-refractivity contribution in [2.24, 2.45) is 10.1 Å². The maximum atomic E-state index is 11.3. The lowest BCUT2D eigenvalue weighted by Gasteiger charge is -2.16. The monoisotopic (exact) mass is 226 g/mol. The molecule has 0 bridgehead atoms.